The van der Waals surface area contributed by atoms with Crippen molar-refractivity contribution in [2.24, 2.45) is 0 Å². The first kappa shape index (κ1) is 32.5. The molecule has 10 heteroatoms. The number of anilines is 1. The van der Waals surface area contributed by atoms with Crippen molar-refractivity contribution < 1.29 is 27.5 Å². The second kappa shape index (κ2) is 14.7. The zero-order chi connectivity index (χ0) is 30.9. The van der Waals surface area contributed by atoms with Gasteiger partial charge in [-0.3, -0.25) is 13.9 Å². The molecule has 1 atom stereocenters. The van der Waals surface area contributed by atoms with Crippen molar-refractivity contribution in [1.29, 1.82) is 0 Å². The highest BCUT2D eigenvalue weighted by Gasteiger charge is 2.34. The third kappa shape index (κ3) is 8.03. The Labute approximate surface area is 249 Å². The zero-order valence-electron chi connectivity index (χ0n) is 25.2. The molecule has 0 aromatic heterocycles. The number of rotatable bonds is 14. The molecule has 0 fully saturated rings. The molecular weight excluding hydrogens is 554 g/mol. The van der Waals surface area contributed by atoms with Gasteiger partial charge in [-0.25, -0.2) is 8.42 Å². The molecule has 0 saturated heterocycles. The van der Waals surface area contributed by atoms with Gasteiger partial charge < -0.3 is 19.7 Å². The number of benzene rings is 3. The first-order valence-electron chi connectivity index (χ1n) is 14.0. The fraction of sp³-hybridized carbons (Fsp3) is 0.375. The quantitative estimate of drug-likeness (QED) is 0.267. The minimum absolute atomic E-state index is 0.0150. The Morgan fingerprint density at radius 1 is 0.905 bits per heavy atom. The van der Waals surface area contributed by atoms with Crippen molar-refractivity contribution in [3.63, 3.8) is 0 Å². The molecule has 2 amide bonds. The molecule has 3 rings (SSSR count). The summed E-state index contributed by atoms with van der Waals surface area (Å²) in [6, 6.07) is 17.9. The number of ether oxygens (including phenoxy) is 2. The first-order valence-corrected chi connectivity index (χ1v) is 15.4. The fourth-order valence-electron chi connectivity index (χ4n) is 4.35. The molecule has 1 N–H and O–H groups in total. The molecule has 9 nitrogen and oxygen atoms in total. The smallest absolute Gasteiger partial charge is 0.264 e. The van der Waals surface area contributed by atoms with Gasteiger partial charge in [0.05, 0.1) is 24.8 Å². The van der Waals surface area contributed by atoms with Crippen LogP contribution < -0.4 is 19.1 Å². The summed E-state index contributed by atoms with van der Waals surface area (Å²) in [4.78, 5) is 28.7. The van der Waals surface area contributed by atoms with Crippen LogP contribution in [0.3, 0.4) is 0 Å². The molecule has 0 radical (unpaired) electrons. The molecule has 0 saturated carbocycles. The molecular formula is C32H41N3O6S. The van der Waals surface area contributed by atoms with E-state index in [1.165, 1.54) is 37.3 Å². The maximum atomic E-state index is 14.1. The van der Waals surface area contributed by atoms with Gasteiger partial charge in [-0.05, 0) is 57.0 Å². The predicted octanol–water partition coefficient (Wildman–Crippen LogP) is 4.85. The number of carbonyl (C=O) groups excluding carboxylic acids is 2. The molecule has 0 aliphatic carbocycles. The maximum absolute atomic E-state index is 14.1. The molecule has 0 unspecified atom stereocenters. The Balaban J connectivity index is 2.09. The summed E-state index contributed by atoms with van der Waals surface area (Å²) >= 11 is 0. The predicted molar refractivity (Wildman–Crippen MR) is 164 cm³/mol. The van der Waals surface area contributed by atoms with Gasteiger partial charge in [0.25, 0.3) is 10.0 Å². The van der Waals surface area contributed by atoms with Gasteiger partial charge in [-0.15, -0.1) is 0 Å². The average molecular weight is 596 g/mol. The van der Waals surface area contributed by atoms with Gasteiger partial charge in [0.2, 0.25) is 11.8 Å². The topological polar surface area (TPSA) is 105 Å². The van der Waals surface area contributed by atoms with E-state index >= 15 is 0 Å². The summed E-state index contributed by atoms with van der Waals surface area (Å²) in [6.45, 7) is 7.54. The summed E-state index contributed by atoms with van der Waals surface area (Å²) in [5, 5.41) is 2.89. The number of hydrogen-bond donors (Lipinski definition) is 1. The van der Waals surface area contributed by atoms with Gasteiger partial charge in [-0.1, -0.05) is 60.9 Å². The molecule has 0 aliphatic heterocycles. The van der Waals surface area contributed by atoms with Crippen LogP contribution in [0.4, 0.5) is 5.69 Å². The van der Waals surface area contributed by atoms with Crippen molar-refractivity contribution in [3.8, 4) is 11.5 Å². The Bertz CT molecular complexity index is 1460. The van der Waals surface area contributed by atoms with Crippen LogP contribution in [0.25, 0.3) is 0 Å². The lowest BCUT2D eigenvalue weighted by Crippen LogP contribution is -2.51. The Hall–Kier alpha value is -4.05. The van der Waals surface area contributed by atoms with Crippen molar-refractivity contribution in [1.82, 2.24) is 10.2 Å². The Morgan fingerprint density at radius 3 is 2.10 bits per heavy atom. The monoisotopic (exact) mass is 595 g/mol. The summed E-state index contributed by atoms with van der Waals surface area (Å²) in [7, 11) is -1.35. The Kier molecular flexibility index (Phi) is 11.4. The van der Waals surface area contributed by atoms with E-state index in [-0.39, 0.29) is 28.8 Å². The van der Waals surface area contributed by atoms with Gasteiger partial charge >= 0.3 is 0 Å². The van der Waals surface area contributed by atoms with E-state index in [1.54, 1.807) is 31.2 Å². The second-order valence-corrected chi connectivity index (χ2v) is 12.1. The Morgan fingerprint density at radius 2 is 1.52 bits per heavy atom. The lowest BCUT2D eigenvalue weighted by atomic mass is 10.1. The molecule has 42 heavy (non-hydrogen) atoms. The van der Waals surface area contributed by atoms with Gasteiger partial charge in [-0.2, -0.15) is 0 Å². The maximum Gasteiger partial charge on any atom is 0.264 e. The average Bonchev–Trinajstić information content (AvgIpc) is 2.99. The summed E-state index contributed by atoms with van der Waals surface area (Å²) in [5.41, 5.74) is 2.90. The molecule has 226 valence electrons. The van der Waals surface area contributed by atoms with Crippen LogP contribution in [0, 0.1) is 13.8 Å². The van der Waals surface area contributed by atoms with E-state index in [9.17, 15) is 18.0 Å². The number of unbranched alkanes of at least 4 members (excludes halogenated alkanes) is 1. The van der Waals surface area contributed by atoms with Crippen LogP contribution in [0.1, 0.15) is 43.4 Å². The first-order chi connectivity index (χ1) is 20.0. The van der Waals surface area contributed by atoms with Gasteiger partial charge in [0, 0.05) is 19.2 Å². The number of nitrogens with one attached hydrogen (secondary N) is 1. The van der Waals surface area contributed by atoms with Crippen molar-refractivity contribution >= 4 is 27.5 Å². The number of aryl methyl sites for hydroxylation is 2. The largest absolute Gasteiger partial charge is 0.497 e. The van der Waals surface area contributed by atoms with E-state index in [0.717, 1.165) is 33.8 Å². The number of carbonyl (C=O) groups is 2. The van der Waals surface area contributed by atoms with Crippen molar-refractivity contribution in [2.75, 3.05) is 31.6 Å². The fourth-order valence-corrected chi connectivity index (χ4v) is 5.77. The van der Waals surface area contributed by atoms with Crippen LogP contribution in [-0.4, -0.2) is 58.5 Å². The highest BCUT2D eigenvalue weighted by atomic mass is 32.2. The standard InChI is InChI=1S/C32H41N3O6S/c1-7-8-19-33-32(37)25(4)34(21-26-13-9-23(2)10-14-26)31(36)22-35(29-20-27(40-5)15-18-30(29)41-6)42(38,39)28-16-11-24(3)12-17-28/h9-18,20,25H,7-8,19,21-22H2,1-6H3,(H,33,37)/t25-/m0/s1. The molecule has 0 heterocycles. The van der Waals surface area contributed by atoms with Crippen molar-refractivity contribution in [2.45, 2.75) is 58.0 Å². The van der Waals surface area contributed by atoms with Gasteiger partial charge in [0.15, 0.2) is 0 Å². The molecule has 0 bridgehead atoms. The molecule has 0 aliphatic rings. The zero-order valence-corrected chi connectivity index (χ0v) is 26.0. The highest BCUT2D eigenvalue weighted by Crippen LogP contribution is 2.36. The van der Waals surface area contributed by atoms with Crippen molar-refractivity contribution in [3.05, 3.63) is 83.4 Å². The summed E-state index contributed by atoms with van der Waals surface area (Å²) in [6.07, 6.45) is 1.72. The van der Waals surface area contributed by atoms with Crippen LogP contribution in [0.15, 0.2) is 71.6 Å². The van der Waals surface area contributed by atoms with Crippen LogP contribution in [-0.2, 0) is 26.2 Å². The molecule has 3 aromatic carbocycles. The lowest BCUT2D eigenvalue weighted by Gasteiger charge is -2.32. The second-order valence-electron chi connectivity index (χ2n) is 10.2. The SMILES string of the molecule is CCCCNC(=O)[C@H](C)N(Cc1ccc(C)cc1)C(=O)CN(c1cc(OC)ccc1OC)S(=O)(=O)c1ccc(C)cc1. The number of methoxy groups -OCH3 is 2. The van der Waals surface area contributed by atoms with Crippen LogP contribution >= 0.6 is 0 Å². The number of amides is 2. The third-order valence-corrected chi connectivity index (χ3v) is 8.79. The normalized spacial score (nSPS) is 11.9. The minimum atomic E-state index is -4.25. The lowest BCUT2D eigenvalue weighted by molar-refractivity contribution is -0.139. The highest BCUT2D eigenvalue weighted by molar-refractivity contribution is 7.92. The van der Waals surface area contributed by atoms with E-state index in [2.05, 4.69) is 5.32 Å². The number of sulfonamides is 1. The third-order valence-electron chi connectivity index (χ3n) is 7.01. The van der Waals surface area contributed by atoms with Crippen LogP contribution in [0.5, 0.6) is 11.5 Å². The number of nitrogens with zero attached hydrogens (tertiary/aromatic N) is 2. The number of hydrogen-bond acceptors (Lipinski definition) is 6. The molecule has 0 spiro atoms. The van der Waals surface area contributed by atoms with Crippen LogP contribution in [0.2, 0.25) is 0 Å². The van der Waals surface area contributed by atoms with E-state index < -0.39 is 28.5 Å². The van der Waals surface area contributed by atoms with E-state index in [1.807, 2.05) is 45.0 Å². The minimum Gasteiger partial charge on any atom is -0.497 e. The van der Waals surface area contributed by atoms with E-state index in [0.29, 0.717) is 12.3 Å². The van der Waals surface area contributed by atoms with Gasteiger partial charge in [0.1, 0.15) is 24.1 Å². The molecule has 3 aromatic rings. The summed E-state index contributed by atoms with van der Waals surface area (Å²) < 4.78 is 40.2. The van der Waals surface area contributed by atoms with E-state index in [4.69, 9.17) is 9.47 Å². The summed E-state index contributed by atoms with van der Waals surface area (Å²) in [5.74, 6) is -0.220.